The normalized spacial score (nSPS) is 30.2. The van der Waals surface area contributed by atoms with Crippen LogP contribution < -0.4 is 0 Å². The Labute approximate surface area is 189 Å². The number of aromatic nitrogens is 3. The van der Waals surface area contributed by atoms with Crippen molar-refractivity contribution in [1.82, 2.24) is 19.2 Å². The molecule has 5 heteroatoms. The van der Waals surface area contributed by atoms with E-state index in [9.17, 15) is 4.79 Å². The number of hydrogen-bond donors (Lipinski definition) is 0. The van der Waals surface area contributed by atoms with Crippen LogP contribution in [0.2, 0.25) is 0 Å². The molecule has 1 amide bonds. The molecular formula is C27H30N4O. The lowest BCUT2D eigenvalue weighted by Crippen LogP contribution is -2.53. The van der Waals surface area contributed by atoms with Gasteiger partial charge in [0.1, 0.15) is 5.82 Å². The molecule has 4 bridgehead atoms. The Morgan fingerprint density at radius 1 is 0.938 bits per heavy atom. The number of carbonyl (C=O) groups is 1. The summed E-state index contributed by atoms with van der Waals surface area (Å²) >= 11 is 0. The van der Waals surface area contributed by atoms with E-state index in [1.807, 2.05) is 12.1 Å². The van der Waals surface area contributed by atoms with Crippen molar-refractivity contribution in [2.75, 3.05) is 0 Å². The zero-order valence-electron chi connectivity index (χ0n) is 18.7. The minimum atomic E-state index is -0.0846. The van der Waals surface area contributed by atoms with Crippen molar-refractivity contribution in [2.24, 2.45) is 23.2 Å². The number of fused-ring (bicyclic) bond motifs is 1. The molecule has 164 valence electrons. The van der Waals surface area contributed by atoms with E-state index in [1.54, 1.807) is 0 Å². The highest BCUT2D eigenvalue weighted by Gasteiger charge is 2.56. The van der Waals surface area contributed by atoms with Gasteiger partial charge in [-0.1, -0.05) is 17.7 Å². The van der Waals surface area contributed by atoms with E-state index in [0.29, 0.717) is 19.0 Å². The second-order valence-electron chi connectivity index (χ2n) is 10.9. The Bertz CT molecular complexity index is 1150. The SMILES string of the molecule is Cc1ccc(-n2nc3c(c2-n2cccc2)CN(C(=O)C24CC5CC(CC(C5)C2)C4)C3)cc1. The van der Waals surface area contributed by atoms with E-state index in [0.717, 1.165) is 54.2 Å². The lowest BCUT2D eigenvalue weighted by molar-refractivity contribution is -0.158. The van der Waals surface area contributed by atoms with E-state index < -0.39 is 0 Å². The van der Waals surface area contributed by atoms with Crippen LogP contribution in [-0.2, 0) is 17.9 Å². The molecule has 0 N–H and O–H groups in total. The number of amides is 1. The molecule has 4 saturated carbocycles. The van der Waals surface area contributed by atoms with Gasteiger partial charge < -0.3 is 9.47 Å². The van der Waals surface area contributed by atoms with E-state index in [4.69, 9.17) is 5.10 Å². The number of aryl methyl sites for hydroxylation is 1. The molecule has 0 saturated heterocycles. The maximum Gasteiger partial charge on any atom is 0.229 e. The van der Waals surface area contributed by atoms with Gasteiger partial charge >= 0.3 is 0 Å². The molecule has 0 unspecified atom stereocenters. The fraction of sp³-hybridized carbons (Fsp3) is 0.481. The van der Waals surface area contributed by atoms with Crippen LogP contribution in [0.5, 0.6) is 0 Å². The van der Waals surface area contributed by atoms with Gasteiger partial charge in [0.15, 0.2) is 0 Å². The Morgan fingerprint density at radius 2 is 1.56 bits per heavy atom. The highest BCUT2D eigenvalue weighted by atomic mass is 16.2. The maximum atomic E-state index is 13.9. The van der Waals surface area contributed by atoms with E-state index >= 15 is 0 Å². The predicted molar refractivity (Wildman–Crippen MR) is 122 cm³/mol. The Balaban J connectivity index is 1.24. The van der Waals surface area contributed by atoms with Gasteiger partial charge in [0.05, 0.1) is 29.9 Å². The number of carbonyl (C=O) groups excluding carboxylic acids is 1. The number of hydrogen-bond acceptors (Lipinski definition) is 2. The number of benzene rings is 1. The van der Waals surface area contributed by atoms with E-state index in [2.05, 4.69) is 57.7 Å². The smallest absolute Gasteiger partial charge is 0.229 e. The molecule has 0 radical (unpaired) electrons. The fourth-order valence-electron chi connectivity index (χ4n) is 7.66. The van der Waals surface area contributed by atoms with Crippen molar-refractivity contribution in [3.8, 4) is 11.5 Å². The molecule has 4 aliphatic carbocycles. The largest absolute Gasteiger partial charge is 0.332 e. The van der Waals surface area contributed by atoms with Crippen molar-refractivity contribution in [2.45, 2.75) is 58.5 Å². The van der Waals surface area contributed by atoms with Crippen LogP contribution in [-0.4, -0.2) is 25.2 Å². The first-order chi connectivity index (χ1) is 15.6. The molecule has 3 aromatic rings. The van der Waals surface area contributed by atoms with Gasteiger partial charge in [0, 0.05) is 18.0 Å². The van der Waals surface area contributed by atoms with Crippen LogP contribution in [0, 0.1) is 30.1 Å². The number of nitrogens with zero attached hydrogens (tertiary/aromatic N) is 4. The Hall–Kier alpha value is -2.82. The molecule has 0 spiro atoms. The van der Waals surface area contributed by atoms with Crippen molar-refractivity contribution in [3.63, 3.8) is 0 Å². The number of rotatable bonds is 3. The van der Waals surface area contributed by atoms with Crippen molar-refractivity contribution >= 4 is 5.91 Å². The van der Waals surface area contributed by atoms with Gasteiger partial charge in [-0.05, 0) is 87.5 Å². The average molecular weight is 427 g/mol. The third-order valence-electron chi connectivity index (χ3n) is 8.64. The molecule has 1 aliphatic heterocycles. The monoisotopic (exact) mass is 426 g/mol. The summed E-state index contributed by atoms with van der Waals surface area (Å²) in [6.07, 6.45) is 11.6. The molecule has 0 atom stereocenters. The lowest BCUT2D eigenvalue weighted by Gasteiger charge is -2.56. The molecule has 32 heavy (non-hydrogen) atoms. The highest BCUT2D eigenvalue weighted by Crippen LogP contribution is 2.60. The quantitative estimate of drug-likeness (QED) is 0.590. The standard InChI is InChI=1S/C27H30N4O/c1-18-4-6-22(7-5-18)31-25(29-8-2-3-9-29)23-16-30(17-24(23)28-31)26(32)27-13-19-10-20(14-27)12-21(11-19)15-27/h2-9,19-21H,10-17H2,1H3. The Morgan fingerprint density at radius 3 is 2.19 bits per heavy atom. The molecule has 4 fully saturated rings. The summed E-state index contributed by atoms with van der Waals surface area (Å²) in [6.45, 7) is 3.42. The minimum absolute atomic E-state index is 0.0846. The van der Waals surface area contributed by atoms with Crippen LogP contribution in [0.15, 0.2) is 48.8 Å². The fourth-order valence-corrected chi connectivity index (χ4v) is 7.66. The molecule has 8 rings (SSSR count). The Kier molecular flexibility index (Phi) is 3.86. The summed E-state index contributed by atoms with van der Waals surface area (Å²) in [6, 6.07) is 12.6. The predicted octanol–water partition coefficient (Wildman–Crippen LogP) is 5.03. The summed E-state index contributed by atoms with van der Waals surface area (Å²) < 4.78 is 4.20. The minimum Gasteiger partial charge on any atom is -0.332 e. The van der Waals surface area contributed by atoms with Gasteiger partial charge in [-0.25, -0.2) is 4.68 Å². The first kappa shape index (κ1) is 18.7. The zero-order chi connectivity index (χ0) is 21.4. The summed E-state index contributed by atoms with van der Waals surface area (Å²) in [5.41, 5.74) is 4.46. The van der Waals surface area contributed by atoms with E-state index in [1.165, 1.54) is 30.4 Å². The third kappa shape index (κ3) is 2.69. The van der Waals surface area contributed by atoms with Gasteiger partial charge in [-0.3, -0.25) is 4.79 Å². The molecule has 1 aromatic carbocycles. The van der Waals surface area contributed by atoms with Gasteiger partial charge in [0.25, 0.3) is 0 Å². The van der Waals surface area contributed by atoms with Crippen LogP contribution >= 0.6 is 0 Å². The molecule has 5 nitrogen and oxygen atoms in total. The van der Waals surface area contributed by atoms with E-state index in [-0.39, 0.29) is 5.41 Å². The summed E-state index contributed by atoms with van der Waals surface area (Å²) in [4.78, 5) is 16.1. The van der Waals surface area contributed by atoms with Crippen molar-refractivity contribution < 1.29 is 4.79 Å². The zero-order valence-corrected chi connectivity index (χ0v) is 18.7. The molecule has 2 aromatic heterocycles. The van der Waals surface area contributed by atoms with Crippen molar-refractivity contribution in [3.05, 3.63) is 65.6 Å². The van der Waals surface area contributed by atoms with Gasteiger partial charge in [0.2, 0.25) is 5.91 Å². The molecule has 3 heterocycles. The van der Waals surface area contributed by atoms with Crippen molar-refractivity contribution in [1.29, 1.82) is 0 Å². The first-order valence-corrected chi connectivity index (χ1v) is 12.2. The van der Waals surface area contributed by atoms with Gasteiger partial charge in [-0.15, -0.1) is 0 Å². The maximum absolute atomic E-state index is 13.9. The second-order valence-corrected chi connectivity index (χ2v) is 10.9. The molecule has 5 aliphatic rings. The van der Waals surface area contributed by atoms with Crippen LogP contribution in [0.1, 0.15) is 55.3 Å². The topological polar surface area (TPSA) is 43.1 Å². The summed E-state index contributed by atoms with van der Waals surface area (Å²) in [7, 11) is 0. The van der Waals surface area contributed by atoms with Crippen LogP contribution in [0.3, 0.4) is 0 Å². The first-order valence-electron chi connectivity index (χ1n) is 12.2. The summed E-state index contributed by atoms with van der Waals surface area (Å²) in [5, 5.41) is 5.03. The van der Waals surface area contributed by atoms with Crippen LogP contribution in [0.4, 0.5) is 0 Å². The highest BCUT2D eigenvalue weighted by molar-refractivity contribution is 5.84. The average Bonchev–Trinajstić information content (AvgIpc) is 3.49. The van der Waals surface area contributed by atoms with Crippen LogP contribution in [0.25, 0.3) is 11.5 Å². The summed E-state index contributed by atoms with van der Waals surface area (Å²) in [5.74, 6) is 3.84. The lowest BCUT2D eigenvalue weighted by atomic mass is 9.49. The van der Waals surface area contributed by atoms with Gasteiger partial charge in [-0.2, -0.15) is 5.10 Å². The third-order valence-corrected chi connectivity index (χ3v) is 8.64. The molecular weight excluding hydrogens is 396 g/mol. The second kappa shape index (κ2) is 6.60.